The number of carbonyl (C=O) groups is 5. The van der Waals surface area contributed by atoms with Crippen molar-refractivity contribution in [2.75, 3.05) is 13.2 Å². The van der Waals surface area contributed by atoms with E-state index >= 15 is 0 Å². The fourth-order valence-electron chi connectivity index (χ4n) is 6.78. The third kappa shape index (κ3) is 10.9. The molecule has 0 bridgehead atoms. The van der Waals surface area contributed by atoms with E-state index < -0.39 is 60.1 Å². The van der Waals surface area contributed by atoms with Gasteiger partial charge in [-0.05, 0) is 81.0 Å². The Morgan fingerprint density at radius 2 is 1.19 bits per heavy atom. The highest BCUT2D eigenvalue weighted by atomic mass is 16.6. The lowest BCUT2D eigenvalue weighted by Gasteiger charge is -2.24. The predicted molar refractivity (Wildman–Crippen MR) is 220 cm³/mol. The molecule has 6 rings (SSSR count). The van der Waals surface area contributed by atoms with E-state index in [0.717, 1.165) is 22.3 Å². The van der Waals surface area contributed by atoms with E-state index in [1.807, 2.05) is 54.6 Å². The summed E-state index contributed by atoms with van der Waals surface area (Å²) in [5.41, 5.74) is 4.18. The zero-order chi connectivity index (χ0) is 42.3. The van der Waals surface area contributed by atoms with Crippen LogP contribution in [0.15, 0.2) is 109 Å². The molecule has 0 saturated heterocycles. The first-order valence-electron chi connectivity index (χ1n) is 19.4. The maximum Gasteiger partial charge on any atom is 0.419 e. The number of hydrogen-bond acceptors (Lipinski definition) is 10. The van der Waals surface area contributed by atoms with Crippen LogP contribution in [-0.4, -0.2) is 71.3 Å². The third-order valence-corrected chi connectivity index (χ3v) is 9.32. The van der Waals surface area contributed by atoms with Crippen molar-refractivity contribution in [3.8, 4) is 11.1 Å². The number of alkyl carbamates (subject to hydrolysis) is 2. The number of carbonyl (C=O) groups excluding carboxylic acids is 5. The Morgan fingerprint density at radius 3 is 1.83 bits per heavy atom. The largest absolute Gasteiger partial charge is 0.461 e. The Balaban J connectivity index is 1.24. The number of nitrogens with zero attached hydrogens (tertiary/aromatic N) is 1. The number of fused-ring (bicyclic) bond motifs is 4. The van der Waals surface area contributed by atoms with Crippen molar-refractivity contribution in [1.82, 2.24) is 15.2 Å². The lowest BCUT2D eigenvalue weighted by Crippen LogP contribution is -2.49. The predicted octanol–water partition coefficient (Wildman–Crippen LogP) is 8.05. The van der Waals surface area contributed by atoms with Crippen molar-refractivity contribution in [3.05, 3.63) is 132 Å². The molecular weight excluding hydrogens is 755 g/mol. The molecule has 59 heavy (non-hydrogen) atoms. The highest BCUT2D eigenvalue weighted by molar-refractivity contribution is 5.93. The highest BCUT2D eigenvalue weighted by Gasteiger charge is 2.33. The normalized spacial score (nSPS) is 13.3. The first-order valence-corrected chi connectivity index (χ1v) is 19.4. The number of esters is 2. The fourth-order valence-corrected chi connectivity index (χ4v) is 6.78. The van der Waals surface area contributed by atoms with Gasteiger partial charge in [-0.15, -0.1) is 0 Å². The number of aromatic nitrogens is 1. The first-order chi connectivity index (χ1) is 28.1. The summed E-state index contributed by atoms with van der Waals surface area (Å²) >= 11 is 0. The van der Waals surface area contributed by atoms with E-state index in [-0.39, 0.29) is 25.6 Å². The molecule has 13 nitrogen and oxygen atoms in total. The molecule has 2 amide bonds. The summed E-state index contributed by atoms with van der Waals surface area (Å²) in [6.07, 6.45) is -1.06. The molecule has 4 aromatic carbocycles. The van der Waals surface area contributed by atoms with Crippen molar-refractivity contribution >= 4 is 41.1 Å². The second-order valence-electron chi connectivity index (χ2n) is 16.2. The van der Waals surface area contributed by atoms with Crippen LogP contribution in [0.5, 0.6) is 0 Å². The van der Waals surface area contributed by atoms with Crippen LogP contribution in [0.4, 0.5) is 14.4 Å². The van der Waals surface area contributed by atoms with Crippen molar-refractivity contribution in [1.29, 1.82) is 0 Å². The van der Waals surface area contributed by atoms with Gasteiger partial charge in [-0.3, -0.25) is 4.57 Å². The second-order valence-corrected chi connectivity index (χ2v) is 16.2. The van der Waals surface area contributed by atoms with Gasteiger partial charge in [0.15, 0.2) is 6.04 Å². The lowest BCUT2D eigenvalue weighted by molar-refractivity contribution is -0.154. The van der Waals surface area contributed by atoms with Gasteiger partial charge in [0.05, 0.1) is 5.52 Å². The first kappa shape index (κ1) is 42.0. The van der Waals surface area contributed by atoms with E-state index in [1.54, 1.807) is 96.3 Å². The molecule has 2 N–H and O–H groups in total. The quantitative estimate of drug-likeness (QED) is 0.0933. The molecule has 0 unspecified atom stereocenters. The van der Waals surface area contributed by atoms with Crippen LogP contribution >= 0.6 is 0 Å². The summed E-state index contributed by atoms with van der Waals surface area (Å²) in [6, 6.07) is 29.0. The highest BCUT2D eigenvalue weighted by Crippen LogP contribution is 2.44. The Morgan fingerprint density at radius 1 is 0.627 bits per heavy atom. The Bertz CT molecular complexity index is 2280. The van der Waals surface area contributed by atoms with Crippen LogP contribution in [0, 0.1) is 0 Å². The number of ether oxygens (including phenoxy) is 5. The Labute approximate surface area is 342 Å². The van der Waals surface area contributed by atoms with Gasteiger partial charge in [0.25, 0.3) is 0 Å². The standard InChI is InChI=1S/C46H49N3O10/c1-45(2,3)58-43(53)48-38(41(51)55-26-29-16-8-7-9-17-29)28-56-40(50)37(24-30-25-49(44(54)59-46(4,5)6)39-23-15-14-18-31(30)39)47-42(52)57-27-36-34-21-12-10-19-32(34)33-20-11-13-22-35(33)36/h7-23,25,36-38H,24,26-28H2,1-6H3,(H,47,52)(H,48,53)/t37-,38+/m1/s1. The topological polar surface area (TPSA) is 160 Å². The molecule has 308 valence electrons. The molecule has 5 aromatic rings. The van der Waals surface area contributed by atoms with Crippen LogP contribution in [0.1, 0.15) is 69.7 Å². The van der Waals surface area contributed by atoms with Gasteiger partial charge >= 0.3 is 30.2 Å². The zero-order valence-electron chi connectivity index (χ0n) is 34.0. The molecular formula is C46H49N3O10. The third-order valence-electron chi connectivity index (χ3n) is 9.32. The van der Waals surface area contributed by atoms with E-state index in [4.69, 9.17) is 23.7 Å². The maximum absolute atomic E-state index is 14.1. The maximum atomic E-state index is 14.1. The van der Waals surface area contributed by atoms with Gasteiger partial charge in [-0.1, -0.05) is 97.1 Å². The van der Waals surface area contributed by atoms with Crippen molar-refractivity contribution in [3.63, 3.8) is 0 Å². The van der Waals surface area contributed by atoms with Crippen molar-refractivity contribution in [2.24, 2.45) is 0 Å². The number of hydrogen-bond donors (Lipinski definition) is 2. The molecule has 1 aliphatic rings. The van der Waals surface area contributed by atoms with E-state index in [9.17, 15) is 24.0 Å². The van der Waals surface area contributed by atoms with Gasteiger partial charge in [0.2, 0.25) is 0 Å². The van der Waals surface area contributed by atoms with Crippen LogP contribution < -0.4 is 10.6 Å². The number of para-hydroxylation sites is 1. The summed E-state index contributed by atoms with van der Waals surface area (Å²) in [6.45, 7) is 9.47. The minimum Gasteiger partial charge on any atom is -0.461 e. The van der Waals surface area contributed by atoms with Crippen molar-refractivity contribution in [2.45, 2.75) is 83.8 Å². The molecule has 0 radical (unpaired) electrons. The summed E-state index contributed by atoms with van der Waals surface area (Å²) in [4.78, 5) is 67.2. The van der Waals surface area contributed by atoms with E-state index in [0.29, 0.717) is 22.0 Å². The Kier molecular flexibility index (Phi) is 12.7. The SMILES string of the molecule is CC(C)(C)OC(=O)N[C@@H](COC(=O)[C@@H](Cc1cn(C(=O)OC(C)(C)C)c2ccccc12)NC(=O)OCC1c2ccccc2-c2ccccc21)C(=O)OCc1ccccc1. The average molecular weight is 804 g/mol. The van der Waals surface area contributed by atoms with Gasteiger partial charge in [-0.2, -0.15) is 0 Å². The zero-order valence-corrected chi connectivity index (χ0v) is 34.0. The molecule has 1 aromatic heterocycles. The monoisotopic (exact) mass is 803 g/mol. The van der Waals surface area contributed by atoms with Crippen molar-refractivity contribution < 1.29 is 47.7 Å². The van der Waals surface area contributed by atoms with Gasteiger partial charge in [0, 0.05) is 23.9 Å². The van der Waals surface area contributed by atoms with Crippen LogP contribution in [0.2, 0.25) is 0 Å². The minimum absolute atomic E-state index is 0.0191. The molecule has 1 heterocycles. The molecule has 2 atom stereocenters. The van der Waals surface area contributed by atoms with Gasteiger partial charge < -0.3 is 34.3 Å². The molecule has 0 aliphatic heterocycles. The van der Waals surface area contributed by atoms with E-state index in [1.165, 1.54) is 4.57 Å². The summed E-state index contributed by atoms with van der Waals surface area (Å²) in [5, 5.41) is 5.73. The summed E-state index contributed by atoms with van der Waals surface area (Å²) < 4.78 is 29.3. The van der Waals surface area contributed by atoms with Crippen LogP contribution in [0.3, 0.4) is 0 Å². The Hall–Kier alpha value is -6.63. The number of nitrogens with one attached hydrogen (secondary N) is 2. The molecule has 13 heteroatoms. The van der Waals surface area contributed by atoms with Crippen LogP contribution in [-0.2, 0) is 46.3 Å². The summed E-state index contributed by atoms with van der Waals surface area (Å²) in [7, 11) is 0. The number of amides is 2. The molecule has 0 saturated carbocycles. The molecule has 0 spiro atoms. The van der Waals surface area contributed by atoms with E-state index in [2.05, 4.69) is 10.6 Å². The average Bonchev–Trinajstić information content (AvgIpc) is 3.72. The fraction of sp³-hybridized carbons (Fsp3) is 0.326. The number of benzene rings is 4. The second kappa shape index (κ2) is 17.9. The van der Waals surface area contributed by atoms with Gasteiger partial charge in [-0.25, -0.2) is 24.0 Å². The lowest BCUT2D eigenvalue weighted by atomic mass is 9.98. The molecule has 1 aliphatic carbocycles. The smallest absolute Gasteiger partial charge is 0.419 e. The van der Waals surface area contributed by atoms with Crippen LogP contribution in [0.25, 0.3) is 22.0 Å². The minimum atomic E-state index is -1.47. The number of rotatable bonds is 12. The van der Waals surface area contributed by atoms with Gasteiger partial charge in [0.1, 0.15) is 37.1 Å². The summed E-state index contributed by atoms with van der Waals surface area (Å²) in [5.74, 6) is -2.07. The molecule has 0 fully saturated rings.